The van der Waals surface area contributed by atoms with Crippen LogP contribution in [0.5, 0.6) is 0 Å². The highest BCUT2D eigenvalue weighted by Crippen LogP contribution is 2.04. The molecule has 0 atom stereocenters. The Bertz CT molecular complexity index is 204. The van der Waals surface area contributed by atoms with E-state index in [-0.39, 0.29) is 0 Å². The van der Waals surface area contributed by atoms with Gasteiger partial charge in [0.1, 0.15) is 0 Å². The lowest BCUT2D eigenvalue weighted by Gasteiger charge is -1.94. The van der Waals surface area contributed by atoms with Crippen molar-refractivity contribution in [2.75, 3.05) is 0 Å². The van der Waals surface area contributed by atoms with Gasteiger partial charge < -0.3 is 0 Å². The molecule has 0 amide bonds. The minimum atomic E-state index is 1.02. The molecule has 0 aromatic rings. The molecule has 1 aliphatic rings. The lowest BCUT2D eigenvalue weighted by atomic mass is 10.1. The van der Waals surface area contributed by atoms with E-state index >= 15 is 0 Å². The van der Waals surface area contributed by atoms with E-state index in [1.165, 1.54) is 25.7 Å². The first kappa shape index (κ1) is 11.0. The number of hydrogen-bond donors (Lipinski definition) is 0. The fraction of sp³-hybridized carbons (Fsp3) is 0.429. The molecule has 75 valence electrons. The van der Waals surface area contributed by atoms with Crippen LogP contribution in [0.25, 0.3) is 0 Å². The Morgan fingerprint density at radius 2 is 1.64 bits per heavy atom. The van der Waals surface area contributed by atoms with Gasteiger partial charge in [-0.05, 0) is 38.2 Å². The van der Waals surface area contributed by atoms with Gasteiger partial charge in [0.2, 0.25) is 0 Å². The zero-order valence-corrected chi connectivity index (χ0v) is 8.78. The molecule has 0 aromatic carbocycles. The first-order chi connectivity index (χ1) is 7.00. The van der Waals surface area contributed by atoms with Gasteiger partial charge in [0.25, 0.3) is 0 Å². The first-order valence-corrected chi connectivity index (χ1v) is 5.53. The van der Waals surface area contributed by atoms with Crippen LogP contribution in [-0.4, -0.2) is 0 Å². The molecule has 0 aliphatic heterocycles. The van der Waals surface area contributed by atoms with E-state index in [2.05, 4.69) is 42.5 Å². The average Bonchev–Trinajstić information content (AvgIpc) is 2.22. The Morgan fingerprint density at radius 3 is 2.64 bits per heavy atom. The second-order valence-corrected chi connectivity index (χ2v) is 3.49. The van der Waals surface area contributed by atoms with E-state index in [0.717, 1.165) is 12.8 Å². The molecule has 0 N–H and O–H groups in total. The third-order valence-electron chi connectivity index (χ3n) is 2.20. The first-order valence-electron chi connectivity index (χ1n) is 5.53. The highest BCUT2D eigenvalue weighted by Gasteiger charge is 1.85. The fourth-order valence-electron chi connectivity index (χ4n) is 1.37. The predicted octanol–water partition coefficient (Wildman–Crippen LogP) is 4.37. The predicted molar refractivity (Wildman–Crippen MR) is 62.9 cm³/mol. The molecular formula is C14H19. The molecule has 0 aromatic heterocycles. The molecule has 0 saturated carbocycles. The molecule has 0 fully saturated rings. The van der Waals surface area contributed by atoms with Gasteiger partial charge in [0.15, 0.2) is 0 Å². The number of allylic oxidation sites excluding steroid dienone is 8. The van der Waals surface area contributed by atoms with Gasteiger partial charge in [0.05, 0.1) is 0 Å². The maximum Gasteiger partial charge on any atom is -0.0163 e. The molecule has 0 nitrogen and oxygen atoms in total. The molecule has 1 aliphatic carbocycles. The monoisotopic (exact) mass is 187 g/mol. The van der Waals surface area contributed by atoms with Gasteiger partial charge in [-0.1, -0.05) is 49.0 Å². The Hall–Kier alpha value is -1.04. The van der Waals surface area contributed by atoms with Crippen LogP contribution in [0.3, 0.4) is 0 Å². The molecule has 0 saturated heterocycles. The lowest BCUT2D eigenvalue weighted by molar-refractivity contribution is 0.691. The molecule has 0 heterocycles. The summed E-state index contributed by atoms with van der Waals surface area (Å²) in [5.74, 6) is 0. The summed E-state index contributed by atoms with van der Waals surface area (Å²) in [5, 5.41) is 0. The number of hydrogen-bond acceptors (Lipinski definition) is 0. The average molecular weight is 187 g/mol. The molecule has 1 radical (unpaired) electrons. The van der Waals surface area contributed by atoms with Crippen LogP contribution in [-0.2, 0) is 0 Å². The van der Waals surface area contributed by atoms with Gasteiger partial charge >= 0.3 is 0 Å². The Labute approximate surface area is 87.7 Å². The van der Waals surface area contributed by atoms with Gasteiger partial charge in [0, 0.05) is 0 Å². The third kappa shape index (κ3) is 6.47. The summed E-state index contributed by atoms with van der Waals surface area (Å²) in [6, 6.07) is 0. The van der Waals surface area contributed by atoms with Crippen LogP contribution in [0.15, 0.2) is 42.5 Å². The summed E-state index contributed by atoms with van der Waals surface area (Å²) in [6.45, 7) is 0. The largest absolute Gasteiger partial charge is 0.0845 e. The van der Waals surface area contributed by atoms with Crippen molar-refractivity contribution >= 4 is 0 Å². The zero-order chi connectivity index (χ0) is 9.90. The van der Waals surface area contributed by atoms with Crippen LogP contribution in [0.1, 0.15) is 38.5 Å². The normalized spacial score (nSPS) is 28.6. The summed E-state index contributed by atoms with van der Waals surface area (Å²) in [7, 11) is 0. The summed E-state index contributed by atoms with van der Waals surface area (Å²) in [6.07, 6.45) is 25.5. The van der Waals surface area contributed by atoms with Crippen molar-refractivity contribution in [2.45, 2.75) is 38.5 Å². The van der Waals surface area contributed by atoms with Crippen molar-refractivity contribution in [1.82, 2.24) is 0 Å². The third-order valence-corrected chi connectivity index (χ3v) is 2.20. The zero-order valence-electron chi connectivity index (χ0n) is 8.78. The van der Waals surface area contributed by atoms with Crippen LogP contribution >= 0.6 is 0 Å². The van der Waals surface area contributed by atoms with Crippen molar-refractivity contribution in [3.8, 4) is 0 Å². The van der Waals surface area contributed by atoms with Gasteiger partial charge in [-0.25, -0.2) is 0 Å². The Morgan fingerprint density at radius 1 is 0.786 bits per heavy atom. The summed E-state index contributed by atoms with van der Waals surface area (Å²) in [4.78, 5) is 0. The van der Waals surface area contributed by atoms with Gasteiger partial charge in [-0.2, -0.15) is 0 Å². The van der Waals surface area contributed by atoms with E-state index < -0.39 is 0 Å². The van der Waals surface area contributed by atoms with Crippen molar-refractivity contribution < 1.29 is 0 Å². The van der Waals surface area contributed by atoms with E-state index in [4.69, 9.17) is 0 Å². The highest BCUT2D eigenvalue weighted by molar-refractivity contribution is 5.07. The van der Waals surface area contributed by atoms with Crippen LogP contribution in [0, 0.1) is 6.08 Å². The van der Waals surface area contributed by atoms with Crippen molar-refractivity contribution in [2.24, 2.45) is 0 Å². The van der Waals surface area contributed by atoms with E-state index in [0.29, 0.717) is 0 Å². The molecule has 0 bridgehead atoms. The molecular weight excluding hydrogens is 168 g/mol. The second kappa shape index (κ2) is 8.55. The molecule has 0 spiro atoms. The van der Waals surface area contributed by atoms with Crippen molar-refractivity contribution in [1.29, 1.82) is 0 Å². The smallest absolute Gasteiger partial charge is 0.0163 e. The maximum absolute atomic E-state index is 3.29. The number of rotatable bonds is 0. The maximum atomic E-state index is 3.29. The summed E-state index contributed by atoms with van der Waals surface area (Å²) >= 11 is 0. The minimum absolute atomic E-state index is 1.02. The topological polar surface area (TPSA) is 0 Å². The van der Waals surface area contributed by atoms with Crippen LogP contribution in [0.2, 0.25) is 0 Å². The minimum Gasteiger partial charge on any atom is -0.0845 e. The van der Waals surface area contributed by atoms with Gasteiger partial charge in [-0.15, -0.1) is 0 Å². The SMILES string of the molecule is [C]1=C/C=C\C/C=C/C=C/CCCCC/1. The second-order valence-electron chi connectivity index (χ2n) is 3.49. The van der Waals surface area contributed by atoms with Gasteiger partial charge in [-0.3, -0.25) is 0 Å². The van der Waals surface area contributed by atoms with E-state index in [1.54, 1.807) is 0 Å². The summed E-state index contributed by atoms with van der Waals surface area (Å²) in [5.41, 5.74) is 0. The highest BCUT2D eigenvalue weighted by atomic mass is 13.9. The standard InChI is InChI=1S/C14H19/c1-2-4-6-8-10-12-14-13-11-9-7-5-3-1/h1-4,7,9,11H,5-6,8,10,12,14H2/b3-1+,4-2+,9-7-,13-11?. The van der Waals surface area contributed by atoms with E-state index in [1.807, 2.05) is 6.08 Å². The molecule has 1 rings (SSSR count). The molecule has 0 heteroatoms. The van der Waals surface area contributed by atoms with Crippen LogP contribution in [0.4, 0.5) is 0 Å². The fourth-order valence-corrected chi connectivity index (χ4v) is 1.37. The van der Waals surface area contributed by atoms with E-state index in [9.17, 15) is 0 Å². The van der Waals surface area contributed by atoms with Crippen molar-refractivity contribution in [3.63, 3.8) is 0 Å². The Balaban J connectivity index is 2.35. The quantitative estimate of drug-likeness (QED) is 0.528. The lowest BCUT2D eigenvalue weighted by Crippen LogP contribution is -1.75. The molecule has 14 heavy (non-hydrogen) atoms. The van der Waals surface area contributed by atoms with Crippen LogP contribution < -0.4 is 0 Å². The Kier molecular flexibility index (Phi) is 6.74. The summed E-state index contributed by atoms with van der Waals surface area (Å²) < 4.78 is 0. The van der Waals surface area contributed by atoms with Crippen molar-refractivity contribution in [3.05, 3.63) is 48.6 Å². The molecule has 0 unspecified atom stereocenters.